The number of carbonyl (C=O) groups is 1. The first-order chi connectivity index (χ1) is 13.6. The quantitative estimate of drug-likeness (QED) is 0.615. The van der Waals surface area contributed by atoms with Gasteiger partial charge in [-0.1, -0.05) is 35.5 Å². The molecule has 1 heterocycles. The fraction of sp³-hybridized carbons (Fsp3) is 0.381. The maximum Gasteiger partial charge on any atom is 0.490 e. The number of aryl methyl sites for hydroxylation is 2. The van der Waals surface area contributed by atoms with Crippen LogP contribution in [0.4, 0.5) is 17.6 Å². The van der Waals surface area contributed by atoms with E-state index in [4.69, 9.17) is 9.90 Å². The molecule has 1 aliphatic rings. The number of piperidine rings is 1. The number of hydrogen-bond acceptors (Lipinski definition) is 3. The zero-order chi connectivity index (χ0) is 21.6. The van der Waals surface area contributed by atoms with Gasteiger partial charge in [0, 0.05) is 9.79 Å². The van der Waals surface area contributed by atoms with Crippen molar-refractivity contribution in [2.45, 2.75) is 48.6 Å². The molecule has 0 atom stereocenters. The van der Waals surface area contributed by atoms with Gasteiger partial charge in [0.15, 0.2) is 0 Å². The van der Waals surface area contributed by atoms with E-state index in [-0.39, 0.29) is 5.82 Å². The standard InChI is InChI=1S/C19H22FNS.C2HF3O2/c1-13-3-5-18(16(11-13)15-7-9-21-10-8-15)22-19-6-4-14(2)12-17(19)20;3-2(4,5)1(6)7/h3-6,11-12,15,21H,7-10H2,1-2H3;(H,6,7). The van der Waals surface area contributed by atoms with E-state index in [0.717, 1.165) is 31.5 Å². The number of nitrogens with one attached hydrogen (secondary N) is 1. The van der Waals surface area contributed by atoms with E-state index < -0.39 is 12.1 Å². The van der Waals surface area contributed by atoms with Gasteiger partial charge in [-0.25, -0.2) is 9.18 Å². The van der Waals surface area contributed by atoms with Crippen LogP contribution in [0.1, 0.15) is 35.4 Å². The van der Waals surface area contributed by atoms with Crippen LogP contribution in [0.25, 0.3) is 0 Å². The van der Waals surface area contributed by atoms with Crippen LogP contribution in [0.15, 0.2) is 46.2 Å². The molecule has 0 aromatic heterocycles. The predicted octanol–water partition coefficient (Wildman–Crippen LogP) is 5.69. The molecule has 0 spiro atoms. The fourth-order valence-corrected chi connectivity index (χ4v) is 4.03. The van der Waals surface area contributed by atoms with E-state index in [2.05, 4.69) is 30.4 Å². The van der Waals surface area contributed by atoms with Crippen LogP contribution in [0, 0.1) is 19.7 Å². The number of hydrogen-bond donors (Lipinski definition) is 2. The molecule has 2 aromatic carbocycles. The average Bonchev–Trinajstić information content (AvgIpc) is 2.65. The van der Waals surface area contributed by atoms with E-state index in [1.54, 1.807) is 17.8 Å². The van der Waals surface area contributed by atoms with Crippen molar-refractivity contribution in [1.29, 1.82) is 0 Å². The van der Waals surface area contributed by atoms with Gasteiger partial charge in [-0.05, 0) is 75.0 Å². The lowest BCUT2D eigenvalue weighted by Crippen LogP contribution is -2.26. The molecule has 0 aliphatic carbocycles. The number of alkyl halides is 3. The van der Waals surface area contributed by atoms with E-state index in [9.17, 15) is 17.6 Å². The molecule has 3 nitrogen and oxygen atoms in total. The minimum absolute atomic E-state index is 0.123. The molecule has 29 heavy (non-hydrogen) atoms. The third-order valence-electron chi connectivity index (χ3n) is 4.49. The Labute approximate surface area is 171 Å². The second-order valence-corrected chi connectivity index (χ2v) is 7.99. The van der Waals surface area contributed by atoms with Crippen molar-refractivity contribution < 1.29 is 27.5 Å². The van der Waals surface area contributed by atoms with Gasteiger partial charge in [0.25, 0.3) is 0 Å². The van der Waals surface area contributed by atoms with Crippen LogP contribution >= 0.6 is 11.8 Å². The zero-order valence-corrected chi connectivity index (χ0v) is 17.0. The van der Waals surface area contributed by atoms with Gasteiger partial charge in [0.2, 0.25) is 0 Å². The number of halogens is 4. The van der Waals surface area contributed by atoms with Crippen LogP contribution in [0.2, 0.25) is 0 Å². The second kappa shape index (κ2) is 10.1. The van der Waals surface area contributed by atoms with E-state index in [0.29, 0.717) is 10.8 Å². The molecule has 1 aliphatic heterocycles. The van der Waals surface area contributed by atoms with E-state index in [1.807, 2.05) is 19.1 Å². The van der Waals surface area contributed by atoms with Gasteiger partial charge >= 0.3 is 12.1 Å². The number of rotatable bonds is 3. The summed E-state index contributed by atoms with van der Waals surface area (Å²) in [6.45, 7) is 6.19. The summed E-state index contributed by atoms with van der Waals surface area (Å²) in [5, 5.41) is 10.5. The summed E-state index contributed by atoms with van der Waals surface area (Å²) in [7, 11) is 0. The summed E-state index contributed by atoms with van der Waals surface area (Å²) < 4.78 is 45.9. The van der Waals surface area contributed by atoms with Crippen LogP contribution in [0.3, 0.4) is 0 Å². The third kappa shape index (κ3) is 7.04. The van der Waals surface area contributed by atoms with Crippen LogP contribution in [-0.4, -0.2) is 30.3 Å². The lowest BCUT2D eigenvalue weighted by molar-refractivity contribution is -0.192. The summed E-state index contributed by atoms with van der Waals surface area (Å²) in [5.41, 5.74) is 3.62. The number of aliphatic carboxylic acids is 1. The molecule has 1 saturated heterocycles. The summed E-state index contributed by atoms with van der Waals surface area (Å²) in [4.78, 5) is 10.8. The Morgan fingerprint density at radius 3 is 2.07 bits per heavy atom. The Balaban J connectivity index is 0.000000370. The van der Waals surface area contributed by atoms with Crippen molar-refractivity contribution >= 4 is 17.7 Å². The lowest BCUT2D eigenvalue weighted by atomic mass is 9.89. The van der Waals surface area contributed by atoms with E-state index >= 15 is 0 Å². The first-order valence-corrected chi connectivity index (χ1v) is 9.95. The maximum absolute atomic E-state index is 14.2. The van der Waals surface area contributed by atoms with Gasteiger partial charge in [-0.15, -0.1) is 0 Å². The van der Waals surface area contributed by atoms with E-state index in [1.165, 1.54) is 16.0 Å². The molecule has 2 aromatic rings. The highest BCUT2D eigenvalue weighted by molar-refractivity contribution is 7.99. The first kappa shape index (κ1) is 23.2. The molecule has 0 unspecified atom stereocenters. The van der Waals surface area contributed by atoms with Gasteiger partial charge in [-0.2, -0.15) is 13.2 Å². The molecule has 158 valence electrons. The largest absolute Gasteiger partial charge is 0.490 e. The fourth-order valence-electron chi connectivity index (χ4n) is 3.02. The third-order valence-corrected chi connectivity index (χ3v) is 5.64. The molecule has 0 amide bonds. The maximum atomic E-state index is 14.2. The highest BCUT2D eigenvalue weighted by Gasteiger charge is 2.38. The van der Waals surface area contributed by atoms with Gasteiger partial charge < -0.3 is 10.4 Å². The number of carboxylic acid groups (broad SMARTS) is 1. The van der Waals surface area contributed by atoms with Gasteiger partial charge in [-0.3, -0.25) is 0 Å². The van der Waals surface area contributed by atoms with Crippen molar-refractivity contribution in [3.8, 4) is 0 Å². The normalized spacial score (nSPS) is 14.8. The summed E-state index contributed by atoms with van der Waals surface area (Å²) in [5.74, 6) is -2.30. The topological polar surface area (TPSA) is 49.3 Å². The molecule has 1 fully saturated rings. The second-order valence-electron chi connectivity index (χ2n) is 6.90. The number of benzene rings is 2. The van der Waals surface area contributed by atoms with Crippen LogP contribution < -0.4 is 5.32 Å². The summed E-state index contributed by atoms with van der Waals surface area (Å²) in [6, 6.07) is 12.0. The SMILES string of the molecule is Cc1ccc(Sc2ccc(C)cc2C2CCNCC2)c(F)c1.O=C(O)C(F)(F)F. The smallest absolute Gasteiger partial charge is 0.475 e. The van der Waals surface area contributed by atoms with Crippen LogP contribution in [0.5, 0.6) is 0 Å². The Kier molecular flexibility index (Phi) is 8.10. The highest BCUT2D eigenvalue weighted by atomic mass is 32.2. The summed E-state index contributed by atoms with van der Waals surface area (Å²) in [6.07, 6.45) is -2.76. The summed E-state index contributed by atoms with van der Waals surface area (Å²) >= 11 is 1.56. The zero-order valence-electron chi connectivity index (χ0n) is 16.1. The minimum Gasteiger partial charge on any atom is -0.475 e. The molecule has 0 radical (unpaired) electrons. The Hall–Kier alpha value is -2.06. The minimum atomic E-state index is -5.08. The molecular weight excluding hydrogens is 406 g/mol. The van der Waals surface area contributed by atoms with Gasteiger partial charge in [0.05, 0.1) is 0 Å². The van der Waals surface area contributed by atoms with Crippen molar-refractivity contribution in [3.05, 3.63) is 58.9 Å². The number of carboxylic acids is 1. The Bertz CT molecular complexity index is 849. The Morgan fingerprint density at radius 1 is 1.03 bits per heavy atom. The molecule has 2 N–H and O–H groups in total. The Morgan fingerprint density at radius 2 is 1.55 bits per heavy atom. The first-order valence-electron chi connectivity index (χ1n) is 9.13. The monoisotopic (exact) mass is 429 g/mol. The molecule has 3 rings (SSSR count). The highest BCUT2D eigenvalue weighted by Crippen LogP contribution is 2.38. The predicted molar refractivity (Wildman–Crippen MR) is 105 cm³/mol. The van der Waals surface area contributed by atoms with Crippen molar-refractivity contribution in [2.24, 2.45) is 0 Å². The molecule has 8 heteroatoms. The van der Waals surface area contributed by atoms with Crippen molar-refractivity contribution in [1.82, 2.24) is 5.32 Å². The average molecular weight is 429 g/mol. The van der Waals surface area contributed by atoms with Crippen molar-refractivity contribution in [2.75, 3.05) is 13.1 Å². The van der Waals surface area contributed by atoms with Crippen molar-refractivity contribution in [3.63, 3.8) is 0 Å². The molecule has 0 bridgehead atoms. The lowest BCUT2D eigenvalue weighted by Gasteiger charge is -2.25. The molecule has 0 saturated carbocycles. The molecular formula is C21H23F4NO2S. The van der Waals surface area contributed by atoms with Crippen LogP contribution in [-0.2, 0) is 4.79 Å². The van der Waals surface area contributed by atoms with Gasteiger partial charge in [0.1, 0.15) is 5.82 Å².